The summed E-state index contributed by atoms with van der Waals surface area (Å²) in [5, 5.41) is 0. The molecule has 5 heavy (non-hydrogen) atoms. The van der Waals surface area contributed by atoms with Gasteiger partial charge in [-0.25, -0.2) is 0 Å². The SMILES string of the molecule is ClC(Br)(I)I. The molecule has 0 aliphatic rings. The molecule has 0 nitrogen and oxygen atoms in total. The van der Waals surface area contributed by atoms with Crippen molar-refractivity contribution < 1.29 is 0 Å². The van der Waals surface area contributed by atoms with E-state index >= 15 is 0 Å². The van der Waals surface area contributed by atoms with Crippen LogP contribution < -0.4 is 0 Å². The molecular formula is CBrClI2. The second kappa shape index (κ2) is 2.52. The molecule has 0 aliphatic heterocycles. The van der Waals surface area contributed by atoms with Gasteiger partial charge in [0.15, 0.2) is -0.203 Å². The molecule has 0 aliphatic carbocycles. The maximum Gasteiger partial charge on any atom is 0.199 e. The van der Waals surface area contributed by atoms with Crippen LogP contribution in [0, 0.1) is 0 Å². The van der Waals surface area contributed by atoms with Crippen molar-refractivity contribution in [1.82, 2.24) is 0 Å². The van der Waals surface area contributed by atoms with Gasteiger partial charge in [0.2, 0.25) is 0 Å². The van der Waals surface area contributed by atoms with Crippen LogP contribution >= 0.6 is 72.7 Å². The zero-order chi connectivity index (χ0) is 4.50. The Hall–Kier alpha value is 2.23. The van der Waals surface area contributed by atoms with Crippen molar-refractivity contribution in [3.63, 3.8) is 0 Å². The fourth-order valence-corrected chi connectivity index (χ4v) is 0. The molecule has 0 N–H and O–H groups in total. The molecule has 0 rings (SSSR count). The van der Waals surface area contributed by atoms with E-state index in [1.54, 1.807) is 0 Å². The minimum atomic E-state index is -0.275. The predicted molar refractivity (Wildman–Crippen MR) is 45.6 cm³/mol. The van der Waals surface area contributed by atoms with Crippen LogP contribution in [0.4, 0.5) is 0 Å². The summed E-state index contributed by atoms with van der Waals surface area (Å²) >= 11 is 12.6. The van der Waals surface area contributed by atoms with Crippen molar-refractivity contribution >= 4 is 72.7 Å². The molecule has 0 atom stereocenters. The lowest BCUT2D eigenvalue weighted by Crippen LogP contribution is -1.75. The van der Waals surface area contributed by atoms with Gasteiger partial charge in [-0.3, -0.25) is 0 Å². The molecule has 0 aromatic heterocycles. The zero-order valence-corrected chi connectivity index (χ0v) is 8.67. The molecule has 0 bridgehead atoms. The van der Waals surface area contributed by atoms with Gasteiger partial charge in [0.05, 0.1) is 0 Å². The van der Waals surface area contributed by atoms with Crippen LogP contribution in [0.15, 0.2) is 0 Å². The van der Waals surface area contributed by atoms with Gasteiger partial charge < -0.3 is 0 Å². The van der Waals surface area contributed by atoms with Gasteiger partial charge in [0.25, 0.3) is 0 Å². The van der Waals surface area contributed by atoms with E-state index in [1.165, 1.54) is 0 Å². The Morgan fingerprint density at radius 3 is 1.60 bits per heavy atom. The summed E-state index contributed by atoms with van der Waals surface area (Å²) in [5.41, 5.74) is 0. The van der Waals surface area contributed by atoms with E-state index in [4.69, 9.17) is 11.6 Å². The second-order valence-corrected chi connectivity index (χ2v) is 12.2. The molecule has 4 heteroatoms. The standard InChI is InChI=1S/CBrClI2/c2-1(3,4)5. The van der Waals surface area contributed by atoms with Gasteiger partial charge in [-0.05, 0) is 61.1 Å². The Balaban J connectivity index is 3.02. The van der Waals surface area contributed by atoms with E-state index in [-0.39, 0.29) is -0.203 Å². The van der Waals surface area contributed by atoms with Crippen LogP contribution in [0.5, 0.6) is 0 Å². The highest BCUT2D eigenvalue weighted by Crippen LogP contribution is 2.38. The average Bonchev–Trinajstić information content (AvgIpc) is 0.722. The van der Waals surface area contributed by atoms with E-state index in [1.807, 2.05) is 45.2 Å². The van der Waals surface area contributed by atoms with Crippen LogP contribution in [-0.2, 0) is 0 Å². The van der Waals surface area contributed by atoms with E-state index in [0.29, 0.717) is 0 Å². The summed E-state index contributed by atoms with van der Waals surface area (Å²) in [6, 6.07) is 0. The molecule has 0 fully saturated rings. The second-order valence-electron chi connectivity index (χ2n) is 0.429. The quantitative estimate of drug-likeness (QED) is 0.447. The molecule has 0 unspecified atom stereocenters. The average molecular weight is 381 g/mol. The lowest BCUT2D eigenvalue weighted by atomic mass is 11.9. The van der Waals surface area contributed by atoms with Crippen molar-refractivity contribution in [1.29, 1.82) is 0 Å². The monoisotopic (exact) mass is 380 g/mol. The Morgan fingerprint density at radius 1 is 1.60 bits per heavy atom. The van der Waals surface area contributed by atoms with E-state index < -0.39 is 0 Å². The van der Waals surface area contributed by atoms with Crippen LogP contribution in [0.1, 0.15) is 0 Å². The minimum absolute atomic E-state index is 0.275. The molecule has 0 amide bonds. The van der Waals surface area contributed by atoms with E-state index in [2.05, 4.69) is 15.9 Å². The van der Waals surface area contributed by atoms with Crippen LogP contribution in [0.3, 0.4) is 0 Å². The lowest BCUT2D eigenvalue weighted by molar-refractivity contribution is 2.15. The number of rotatable bonds is 0. The molecule has 0 aromatic carbocycles. The number of hydrogen-bond acceptors (Lipinski definition) is 0. The van der Waals surface area contributed by atoms with Crippen molar-refractivity contribution in [2.45, 2.75) is -0.203 Å². The summed E-state index contributed by atoms with van der Waals surface area (Å²) in [6.45, 7) is 0. The highest BCUT2D eigenvalue weighted by Gasteiger charge is 2.08. The zero-order valence-electron chi connectivity index (χ0n) is 2.01. The maximum absolute atomic E-state index is 5.42. The topological polar surface area (TPSA) is 0 Å². The summed E-state index contributed by atoms with van der Waals surface area (Å²) in [5.74, 6) is 0. The lowest BCUT2D eigenvalue weighted by Gasteiger charge is -1.93. The molecule has 0 radical (unpaired) electrons. The first-order valence-corrected chi connectivity index (χ1v) is 4.08. The molecule has 0 aromatic rings. The first-order valence-electron chi connectivity index (χ1n) is 0.756. The molecule has 0 spiro atoms. The van der Waals surface area contributed by atoms with E-state index in [9.17, 15) is 0 Å². The van der Waals surface area contributed by atoms with Gasteiger partial charge in [-0.2, -0.15) is 0 Å². The Kier molecular flexibility index (Phi) is 3.64. The minimum Gasteiger partial charge on any atom is -0.0831 e. The summed E-state index contributed by atoms with van der Waals surface area (Å²) in [7, 11) is 0. The largest absolute Gasteiger partial charge is 0.199 e. The fourth-order valence-electron chi connectivity index (χ4n) is 0. The maximum atomic E-state index is 5.42. The van der Waals surface area contributed by atoms with Gasteiger partial charge >= 0.3 is 0 Å². The molecule has 32 valence electrons. The van der Waals surface area contributed by atoms with Gasteiger partial charge in [-0.15, -0.1) is 0 Å². The van der Waals surface area contributed by atoms with Crippen molar-refractivity contribution in [2.24, 2.45) is 0 Å². The van der Waals surface area contributed by atoms with Gasteiger partial charge in [-0.1, -0.05) is 11.6 Å². The smallest absolute Gasteiger partial charge is 0.0831 e. The van der Waals surface area contributed by atoms with E-state index in [0.717, 1.165) is 0 Å². The van der Waals surface area contributed by atoms with Gasteiger partial charge in [0, 0.05) is 0 Å². The third-order valence-corrected chi connectivity index (χ3v) is 0. The Bertz CT molecular complexity index is 25.1. The molecule has 0 heterocycles. The predicted octanol–water partition coefficient (Wildman–Crippen LogP) is 3.10. The highest BCUT2D eigenvalue weighted by atomic mass is 127. The summed E-state index contributed by atoms with van der Waals surface area (Å²) in [6.07, 6.45) is 0. The third-order valence-electron chi connectivity index (χ3n) is 0. The molecule has 0 saturated heterocycles. The number of hydrogen-bond donors (Lipinski definition) is 0. The number of halogens is 4. The summed E-state index contributed by atoms with van der Waals surface area (Å²) in [4.78, 5) is 0. The van der Waals surface area contributed by atoms with Crippen molar-refractivity contribution in [3.8, 4) is 0 Å². The van der Waals surface area contributed by atoms with Crippen molar-refractivity contribution in [3.05, 3.63) is 0 Å². The van der Waals surface area contributed by atoms with Crippen LogP contribution in [0.25, 0.3) is 0 Å². The normalized spacial score (nSPS) is 12.0. The fraction of sp³-hybridized carbons (Fsp3) is 1.00. The number of alkyl halides is 4. The highest BCUT2D eigenvalue weighted by molar-refractivity contribution is 14.2. The van der Waals surface area contributed by atoms with Crippen LogP contribution in [-0.4, -0.2) is -0.203 Å². The Morgan fingerprint density at radius 2 is 1.60 bits per heavy atom. The summed E-state index contributed by atoms with van der Waals surface area (Å²) < 4.78 is -0.275. The first kappa shape index (κ1) is 7.23. The van der Waals surface area contributed by atoms with Crippen molar-refractivity contribution in [2.75, 3.05) is 0 Å². The Labute approximate surface area is 71.4 Å². The molecule has 0 saturated carbocycles. The van der Waals surface area contributed by atoms with Gasteiger partial charge in [0.1, 0.15) is 0 Å². The van der Waals surface area contributed by atoms with Crippen LogP contribution in [0.2, 0.25) is 0 Å². The molecular weight excluding hydrogens is 381 g/mol. The third kappa shape index (κ3) is 22.4. The first-order chi connectivity index (χ1) is 2.00.